The van der Waals surface area contributed by atoms with Crippen LogP contribution in [-0.2, 0) is 0 Å². The smallest absolute Gasteiger partial charge is 0.319 e. The fraction of sp³-hybridized carbons (Fsp3) is 0.457. The molecule has 2 unspecified atom stereocenters. The molecule has 4 saturated heterocycles. The minimum atomic E-state index is -0.914. The number of anilines is 1. The first-order valence-electron chi connectivity index (χ1n) is 16.1. The fourth-order valence-corrected chi connectivity index (χ4v) is 8.59. The molecule has 0 radical (unpaired) electrons. The second-order valence-corrected chi connectivity index (χ2v) is 13.2. The quantitative estimate of drug-likeness (QED) is 0.283. The number of fused-ring (bicyclic) bond motifs is 5. The van der Waals surface area contributed by atoms with E-state index < -0.39 is 23.3 Å². The fourth-order valence-electron chi connectivity index (χ4n) is 8.59. The van der Waals surface area contributed by atoms with Crippen molar-refractivity contribution >= 4 is 27.5 Å². The first-order valence-corrected chi connectivity index (χ1v) is 16.1. The van der Waals surface area contributed by atoms with Crippen LogP contribution in [0.3, 0.4) is 0 Å². The van der Waals surface area contributed by atoms with Crippen LogP contribution in [0, 0.1) is 24.0 Å². The zero-order valence-electron chi connectivity index (χ0n) is 25.6. The number of likely N-dealkylation sites (N-methyl/N-ethyl adjacent to an activating group) is 1. The largest absolute Gasteiger partial charge is 0.508 e. The maximum atomic E-state index is 16.8. The molecule has 0 aliphatic carbocycles. The molecule has 0 spiro atoms. The van der Waals surface area contributed by atoms with Crippen LogP contribution >= 0.6 is 0 Å². The summed E-state index contributed by atoms with van der Waals surface area (Å²) in [5, 5.41) is 11.7. The average molecular weight is 629 g/mol. The van der Waals surface area contributed by atoms with Gasteiger partial charge in [0, 0.05) is 55.3 Å². The number of phenols is 1. The van der Waals surface area contributed by atoms with E-state index in [-0.39, 0.29) is 46.1 Å². The lowest BCUT2D eigenvalue weighted by Gasteiger charge is -2.41. The van der Waals surface area contributed by atoms with Gasteiger partial charge in [-0.1, -0.05) is 18.9 Å². The number of hydrogen-bond donors (Lipinski definition) is 1. The van der Waals surface area contributed by atoms with Gasteiger partial charge in [0.15, 0.2) is 5.82 Å². The highest BCUT2D eigenvalue weighted by molar-refractivity contribution is 6.03. The monoisotopic (exact) mass is 628 g/mol. The molecule has 238 valence electrons. The molecule has 4 aromatic rings. The van der Waals surface area contributed by atoms with Gasteiger partial charge in [0.25, 0.3) is 0 Å². The van der Waals surface area contributed by atoms with Crippen LogP contribution in [-0.4, -0.2) is 93.0 Å². The van der Waals surface area contributed by atoms with Crippen LogP contribution in [0.15, 0.2) is 30.5 Å². The summed E-state index contributed by atoms with van der Waals surface area (Å²) in [6, 6.07) is 6.23. The van der Waals surface area contributed by atoms with E-state index in [0.29, 0.717) is 41.6 Å². The summed E-state index contributed by atoms with van der Waals surface area (Å²) in [5.74, 6) is 1.39. The van der Waals surface area contributed by atoms with Gasteiger partial charge < -0.3 is 14.7 Å². The molecule has 0 amide bonds. The zero-order valence-corrected chi connectivity index (χ0v) is 25.6. The van der Waals surface area contributed by atoms with Gasteiger partial charge >= 0.3 is 6.01 Å². The van der Waals surface area contributed by atoms with Crippen molar-refractivity contribution in [1.29, 1.82) is 0 Å². The van der Waals surface area contributed by atoms with Crippen molar-refractivity contribution in [2.45, 2.75) is 62.8 Å². The van der Waals surface area contributed by atoms with Crippen LogP contribution in [0.1, 0.15) is 44.6 Å². The summed E-state index contributed by atoms with van der Waals surface area (Å²) < 4.78 is 52.5. The number of terminal acetylenes is 1. The molecule has 2 aromatic heterocycles. The normalized spacial score (nSPS) is 26.2. The molecule has 1 N–H and O–H groups in total. The van der Waals surface area contributed by atoms with E-state index >= 15 is 4.39 Å². The highest BCUT2D eigenvalue weighted by atomic mass is 19.1. The summed E-state index contributed by atoms with van der Waals surface area (Å²) in [4.78, 5) is 20.8. The standard InChI is InChI=1S/C35H35F3N6O2/c1-3-25-28(37)9-6-20-12-24(45)13-26(29(20)25)31-30(38)32-27(15-39-31)33(42-17-22-7-8-23(18-42)44(22)4-2)41-34(40-32)46-19-35-10-5-11-43(35)16-21(36)14-35/h1,6,9,12-13,15,21-23,45H,4-5,7-8,10-11,14,16-19H2,2H3/t21-,22?,23?,35+/m1/s1. The first-order chi connectivity index (χ1) is 22.3. The molecule has 8 rings (SSSR count). The number of aromatic hydroxyl groups is 1. The predicted octanol–water partition coefficient (Wildman–Crippen LogP) is 5.44. The van der Waals surface area contributed by atoms with Crippen molar-refractivity contribution in [2.75, 3.05) is 44.2 Å². The third-order valence-electron chi connectivity index (χ3n) is 10.6. The number of ether oxygens (including phenoxy) is 1. The number of piperazine rings is 1. The molecule has 11 heteroatoms. The summed E-state index contributed by atoms with van der Waals surface area (Å²) in [7, 11) is 0. The Morgan fingerprint density at radius 1 is 1.13 bits per heavy atom. The van der Waals surface area contributed by atoms with Crippen LogP contribution < -0.4 is 9.64 Å². The molecule has 2 aromatic carbocycles. The van der Waals surface area contributed by atoms with Crippen molar-refractivity contribution < 1.29 is 23.0 Å². The van der Waals surface area contributed by atoms with Crippen molar-refractivity contribution in [2.24, 2.45) is 0 Å². The van der Waals surface area contributed by atoms with Gasteiger partial charge in [-0.25, -0.2) is 13.2 Å². The molecule has 4 fully saturated rings. The van der Waals surface area contributed by atoms with Crippen molar-refractivity contribution in [3.05, 3.63) is 47.7 Å². The SMILES string of the molecule is C#Cc1c(F)ccc2cc(O)cc(-c3ncc4c(N5CC6CCC(C5)N6CC)nc(OC[C@@]56CCCN5C[C@H](F)C6)nc4c3F)c12. The van der Waals surface area contributed by atoms with Gasteiger partial charge in [0.2, 0.25) is 0 Å². The summed E-state index contributed by atoms with van der Waals surface area (Å²) in [6.45, 7) is 6.00. The zero-order chi connectivity index (χ0) is 31.7. The van der Waals surface area contributed by atoms with Gasteiger partial charge in [-0.3, -0.25) is 14.8 Å². The highest BCUT2D eigenvalue weighted by Crippen LogP contribution is 2.42. The summed E-state index contributed by atoms with van der Waals surface area (Å²) in [6.07, 6.45) is 10.6. The van der Waals surface area contributed by atoms with E-state index in [1.807, 2.05) is 0 Å². The second-order valence-electron chi connectivity index (χ2n) is 13.2. The number of halogens is 3. The first kappa shape index (κ1) is 29.3. The number of alkyl halides is 1. The van der Waals surface area contributed by atoms with Crippen molar-refractivity contribution in [3.8, 4) is 35.4 Å². The average Bonchev–Trinajstić information content (AvgIpc) is 3.65. The Morgan fingerprint density at radius 2 is 1.93 bits per heavy atom. The molecule has 4 aliphatic rings. The third kappa shape index (κ3) is 4.56. The van der Waals surface area contributed by atoms with Crippen LogP contribution in [0.5, 0.6) is 11.8 Å². The lowest BCUT2D eigenvalue weighted by atomic mass is 9.95. The van der Waals surface area contributed by atoms with Crippen LogP contribution in [0.4, 0.5) is 19.0 Å². The predicted molar refractivity (Wildman–Crippen MR) is 170 cm³/mol. The van der Waals surface area contributed by atoms with E-state index in [1.54, 1.807) is 0 Å². The number of phenolic OH excluding ortho intramolecular Hbond substituents is 1. The van der Waals surface area contributed by atoms with E-state index in [0.717, 1.165) is 51.9 Å². The number of hydrogen-bond acceptors (Lipinski definition) is 8. The Labute approximate surface area is 265 Å². The minimum Gasteiger partial charge on any atom is -0.508 e. The molecule has 46 heavy (non-hydrogen) atoms. The molecule has 4 atom stereocenters. The van der Waals surface area contributed by atoms with Crippen molar-refractivity contribution in [1.82, 2.24) is 24.8 Å². The van der Waals surface area contributed by atoms with Gasteiger partial charge in [-0.05, 0) is 62.4 Å². The Bertz CT molecular complexity index is 1900. The molecule has 2 bridgehead atoms. The number of nitrogens with zero attached hydrogens (tertiary/aromatic N) is 6. The topological polar surface area (TPSA) is 77.9 Å². The third-order valence-corrected chi connectivity index (χ3v) is 10.6. The van der Waals surface area contributed by atoms with Gasteiger partial charge in [0.1, 0.15) is 41.4 Å². The molecular formula is C35H35F3N6O2. The molecule has 4 aliphatic heterocycles. The Hall–Kier alpha value is -4.14. The highest BCUT2D eigenvalue weighted by Gasteiger charge is 2.49. The molecule has 0 saturated carbocycles. The number of benzene rings is 2. The maximum Gasteiger partial charge on any atom is 0.319 e. The number of aromatic nitrogens is 3. The van der Waals surface area contributed by atoms with Crippen LogP contribution in [0.2, 0.25) is 0 Å². The van der Waals surface area contributed by atoms with E-state index in [1.165, 1.54) is 30.5 Å². The van der Waals surface area contributed by atoms with Gasteiger partial charge in [-0.15, -0.1) is 6.42 Å². The van der Waals surface area contributed by atoms with E-state index in [9.17, 15) is 13.9 Å². The lowest BCUT2D eigenvalue weighted by molar-refractivity contribution is 0.107. The van der Waals surface area contributed by atoms with E-state index in [2.05, 4.69) is 37.5 Å². The van der Waals surface area contributed by atoms with Gasteiger partial charge in [0.05, 0.1) is 16.5 Å². The summed E-state index contributed by atoms with van der Waals surface area (Å²) in [5.41, 5.74) is -0.449. The van der Waals surface area contributed by atoms with Crippen molar-refractivity contribution in [3.63, 3.8) is 0 Å². The second kappa shape index (κ2) is 11.0. The van der Waals surface area contributed by atoms with Crippen LogP contribution in [0.25, 0.3) is 32.9 Å². The molecular weight excluding hydrogens is 593 g/mol. The van der Waals surface area contributed by atoms with E-state index in [4.69, 9.17) is 16.1 Å². The maximum absolute atomic E-state index is 16.8. The number of pyridine rings is 1. The number of rotatable bonds is 6. The minimum absolute atomic E-state index is 0.000916. The summed E-state index contributed by atoms with van der Waals surface area (Å²) >= 11 is 0. The van der Waals surface area contributed by atoms with Gasteiger partial charge in [-0.2, -0.15) is 9.97 Å². The Balaban J connectivity index is 1.27. The molecule has 8 nitrogen and oxygen atoms in total. The molecule has 6 heterocycles. The Morgan fingerprint density at radius 3 is 2.70 bits per heavy atom. The Kier molecular flexibility index (Phi) is 6.99. The lowest BCUT2D eigenvalue weighted by Crippen LogP contribution is -2.53.